The number of urea groups is 1. The number of amides is 5. The van der Waals surface area contributed by atoms with Crippen LogP contribution >= 0.6 is 11.3 Å². The second-order valence-corrected chi connectivity index (χ2v) is 22.4. The summed E-state index contributed by atoms with van der Waals surface area (Å²) in [5.41, 5.74) is 11.4. The normalized spacial score (nSPS) is 20.2. The average Bonchev–Trinajstić information content (AvgIpc) is 4.08. The molecule has 4 aromatic rings. The monoisotopic (exact) mass is 992 g/mol. The van der Waals surface area contributed by atoms with Crippen LogP contribution in [0.15, 0.2) is 36.5 Å². The second-order valence-electron chi connectivity index (χ2n) is 21.4. The first kappa shape index (κ1) is 50.2. The van der Waals surface area contributed by atoms with Crippen LogP contribution in [-0.4, -0.2) is 155 Å². The number of benzene rings is 2. The molecule has 6 heterocycles. The Hall–Kier alpha value is -5.73. The van der Waals surface area contributed by atoms with Crippen molar-refractivity contribution in [2.45, 2.75) is 128 Å². The average molecular weight is 993 g/mol. The zero-order valence-electron chi connectivity index (χ0n) is 41.6. The first-order chi connectivity index (χ1) is 33.8. The van der Waals surface area contributed by atoms with Crippen molar-refractivity contribution in [3.63, 3.8) is 0 Å². The van der Waals surface area contributed by atoms with E-state index in [2.05, 4.69) is 59.1 Å². The van der Waals surface area contributed by atoms with E-state index in [1.807, 2.05) is 24.9 Å². The van der Waals surface area contributed by atoms with Gasteiger partial charge in [0.05, 0.1) is 40.0 Å². The van der Waals surface area contributed by atoms with E-state index >= 15 is 0 Å². The van der Waals surface area contributed by atoms with Gasteiger partial charge in [-0.05, 0) is 71.9 Å². The number of piperazine rings is 1. The number of rotatable bonds is 13. The number of phenolic OH excluding ortho intramolecular Hbond substituents is 2. The van der Waals surface area contributed by atoms with Crippen LogP contribution in [0.4, 0.5) is 9.93 Å². The molecule has 6 N–H and O–H groups in total. The molecule has 380 valence electrons. The number of primary amides is 1. The topological polar surface area (TPSA) is 231 Å². The molecule has 0 bridgehead atoms. The highest BCUT2D eigenvalue weighted by molar-refractivity contribution is 7.19. The molecule has 0 saturated carbocycles. The molecule has 2 atom stereocenters. The number of carbonyl (C=O) groups is 4. The van der Waals surface area contributed by atoms with Crippen LogP contribution in [0.3, 0.4) is 0 Å². The molecule has 5 amide bonds. The Morgan fingerprint density at radius 3 is 2.38 bits per heavy atom. The van der Waals surface area contributed by atoms with E-state index in [9.17, 15) is 34.5 Å². The third kappa shape index (κ3) is 11.2. The predicted octanol–water partition coefficient (Wildman–Crippen LogP) is 5.12. The molecule has 3 saturated heterocycles. The molecule has 9 rings (SSSR count). The minimum absolute atomic E-state index is 0.00863. The Kier molecular flexibility index (Phi) is 14.4. The lowest BCUT2D eigenvalue weighted by molar-refractivity contribution is -0.140. The molecule has 19 heteroatoms. The Labute approximate surface area is 419 Å². The van der Waals surface area contributed by atoms with Gasteiger partial charge in [0.15, 0.2) is 5.13 Å². The molecule has 18 nitrogen and oxygen atoms in total. The van der Waals surface area contributed by atoms with Crippen LogP contribution in [0.5, 0.6) is 11.5 Å². The fourth-order valence-electron chi connectivity index (χ4n) is 10.5. The zero-order valence-corrected chi connectivity index (χ0v) is 42.4. The minimum atomic E-state index is -1.06. The van der Waals surface area contributed by atoms with Gasteiger partial charge >= 0.3 is 6.03 Å². The number of hydrogen-bond donors (Lipinski definition) is 5. The molecule has 3 fully saturated rings. The number of phenols is 2. The van der Waals surface area contributed by atoms with Crippen LogP contribution < -0.4 is 11.1 Å². The van der Waals surface area contributed by atoms with Crippen molar-refractivity contribution in [3.05, 3.63) is 81.4 Å². The van der Waals surface area contributed by atoms with Crippen LogP contribution in [0.2, 0.25) is 0 Å². The van der Waals surface area contributed by atoms with Crippen molar-refractivity contribution >= 4 is 40.2 Å². The fourth-order valence-corrected chi connectivity index (χ4v) is 11.6. The summed E-state index contributed by atoms with van der Waals surface area (Å²) in [6.07, 6.45) is 5.22. The number of nitrogens with zero attached hydrogens (tertiary/aromatic N) is 8. The van der Waals surface area contributed by atoms with Gasteiger partial charge in [-0.1, -0.05) is 64.2 Å². The number of aryl methyl sites for hydroxylation is 2. The number of anilines is 1. The van der Waals surface area contributed by atoms with Crippen LogP contribution in [-0.2, 0) is 52.2 Å². The molecule has 2 aromatic heterocycles. The third-order valence-corrected chi connectivity index (χ3v) is 15.8. The summed E-state index contributed by atoms with van der Waals surface area (Å²) in [7, 11) is 0. The molecule has 71 heavy (non-hydrogen) atoms. The maximum Gasteiger partial charge on any atom is 0.324 e. The van der Waals surface area contributed by atoms with Gasteiger partial charge in [0.25, 0.3) is 5.91 Å². The number of aliphatic hydroxyl groups is 1. The Morgan fingerprint density at radius 2 is 1.66 bits per heavy atom. The molecule has 2 aromatic carbocycles. The number of ether oxygens (including phenoxy) is 1. The van der Waals surface area contributed by atoms with Crippen LogP contribution in [0.25, 0.3) is 10.6 Å². The van der Waals surface area contributed by atoms with Gasteiger partial charge in [-0.3, -0.25) is 29.5 Å². The number of piperidine rings is 1. The Morgan fingerprint density at radius 1 is 0.915 bits per heavy atom. The lowest BCUT2D eigenvalue weighted by Crippen LogP contribution is -2.52. The van der Waals surface area contributed by atoms with Gasteiger partial charge in [0.2, 0.25) is 11.8 Å². The number of aromatic nitrogens is 3. The van der Waals surface area contributed by atoms with Crippen molar-refractivity contribution in [1.82, 2.24) is 39.5 Å². The largest absolute Gasteiger partial charge is 0.508 e. The lowest BCUT2D eigenvalue weighted by Gasteiger charge is -2.40. The van der Waals surface area contributed by atoms with Gasteiger partial charge in [-0.2, -0.15) is 0 Å². The van der Waals surface area contributed by atoms with Crippen molar-refractivity contribution in [2.75, 3.05) is 64.3 Å². The highest BCUT2D eigenvalue weighted by Gasteiger charge is 2.41. The van der Waals surface area contributed by atoms with Crippen molar-refractivity contribution < 1.29 is 39.2 Å². The van der Waals surface area contributed by atoms with Gasteiger partial charge in [-0.25, -0.2) is 19.7 Å². The summed E-state index contributed by atoms with van der Waals surface area (Å²) >= 11 is 1.38. The number of carbonyl (C=O) groups excluding carboxylic acids is 4. The number of nitrogens with two attached hydrogens (primary N) is 1. The van der Waals surface area contributed by atoms with E-state index in [1.54, 1.807) is 11.0 Å². The molecule has 0 spiro atoms. The van der Waals surface area contributed by atoms with E-state index in [0.717, 1.165) is 83.2 Å². The number of aromatic hydroxyl groups is 2. The minimum Gasteiger partial charge on any atom is -0.508 e. The summed E-state index contributed by atoms with van der Waals surface area (Å²) in [4.78, 5) is 77.8. The Balaban J connectivity index is 0.675. The molecular formula is C52H68N10O8S. The van der Waals surface area contributed by atoms with Crippen LogP contribution in [0, 0.1) is 0 Å². The highest BCUT2D eigenvalue weighted by Crippen LogP contribution is 2.40. The summed E-state index contributed by atoms with van der Waals surface area (Å²) in [6.45, 7) is 17.0. The molecule has 1 aliphatic carbocycles. The van der Waals surface area contributed by atoms with Gasteiger partial charge in [0, 0.05) is 103 Å². The van der Waals surface area contributed by atoms with E-state index in [4.69, 9.17) is 20.4 Å². The molecule has 5 aliphatic rings. The van der Waals surface area contributed by atoms with Crippen molar-refractivity contribution in [1.29, 1.82) is 0 Å². The number of nitrogens with one attached hydrogen (secondary N) is 1. The summed E-state index contributed by atoms with van der Waals surface area (Å²) in [5, 5.41) is 35.7. The smallest absolute Gasteiger partial charge is 0.324 e. The van der Waals surface area contributed by atoms with E-state index in [0.29, 0.717) is 82.4 Å². The van der Waals surface area contributed by atoms with Crippen LogP contribution in [0.1, 0.15) is 122 Å². The molecular weight excluding hydrogens is 925 g/mol. The first-order valence-corrected chi connectivity index (χ1v) is 25.9. The lowest BCUT2D eigenvalue weighted by atomic mass is 9.87. The van der Waals surface area contributed by atoms with Gasteiger partial charge in [-0.15, -0.1) is 0 Å². The fraction of sp³-hybridized carbons (Fsp3) is 0.558. The summed E-state index contributed by atoms with van der Waals surface area (Å²) < 4.78 is 6.20. The molecule has 0 radical (unpaired) electrons. The van der Waals surface area contributed by atoms with Crippen molar-refractivity contribution in [3.8, 4) is 22.1 Å². The van der Waals surface area contributed by atoms with Gasteiger partial charge < -0.3 is 40.5 Å². The maximum absolute atomic E-state index is 13.6. The quantitative estimate of drug-likeness (QED) is 0.110. The van der Waals surface area contributed by atoms with E-state index < -0.39 is 23.6 Å². The zero-order chi connectivity index (χ0) is 50.4. The standard InChI is InChI=1S/C52H68N10O8S/c1-31(2)37-23-38(42(64)24-41(37)63)47(67)61-28-34-8-7-32(21-35(34)29-61)27-59-14-11-52(69,12-15-59)25-43(65)60-18-16-58(17-19-60)13-6-20-70-36-22-40(46(53)66)62(30-36)50(68)57-49-55-39-10-9-33-26-54-48(51(3,4)5)56-44(33)45(39)71-49/h7-8,21,23-24,26,31,36,40,63-64,69H,6,9-20,22,25,27-30H2,1-5H3,(H2,53,66)(H,55,57,68)/t36-,40-/m0/s1. The molecule has 0 unspecified atom stereocenters. The number of fused-ring (bicyclic) bond motifs is 4. The summed E-state index contributed by atoms with van der Waals surface area (Å²) in [6, 6.07) is 7.87. The predicted molar refractivity (Wildman–Crippen MR) is 268 cm³/mol. The number of thiazole rings is 1. The second kappa shape index (κ2) is 20.4. The first-order valence-electron chi connectivity index (χ1n) is 25.1. The Bertz CT molecular complexity index is 2670. The SMILES string of the molecule is CC(C)c1cc(C(=O)N2Cc3ccc(CN4CCC(O)(CC(=O)N5CCN(CCCO[C@H]6C[C@@H](C(N)=O)N(C(=O)Nc7nc8c(s7)-c7nc(C(C)(C)C)ncc7CC8)C6)CC5)CC4)cc3C2)c(O)cc1O. The number of hydrogen-bond acceptors (Lipinski definition) is 14. The highest BCUT2D eigenvalue weighted by atomic mass is 32.1. The number of likely N-dealkylation sites (tertiary alicyclic amines) is 2. The van der Waals surface area contributed by atoms with E-state index in [-0.39, 0.29) is 59.3 Å². The van der Waals surface area contributed by atoms with E-state index in [1.165, 1.54) is 22.3 Å². The molecule has 4 aliphatic heterocycles. The van der Waals surface area contributed by atoms with Gasteiger partial charge in [0.1, 0.15) is 23.4 Å². The summed E-state index contributed by atoms with van der Waals surface area (Å²) in [5.74, 6) is -0.393. The van der Waals surface area contributed by atoms with Crippen molar-refractivity contribution in [2.24, 2.45) is 5.73 Å². The maximum atomic E-state index is 13.6. The third-order valence-electron chi connectivity index (χ3n) is 14.8.